The van der Waals surface area contributed by atoms with Crippen molar-refractivity contribution < 1.29 is 4.79 Å². The van der Waals surface area contributed by atoms with Crippen molar-refractivity contribution in [3.63, 3.8) is 0 Å². The first kappa shape index (κ1) is 51.3. The number of carbonyl (C=O) groups excluding carboxylic acids is 1. The van der Waals surface area contributed by atoms with Crippen molar-refractivity contribution in [1.82, 2.24) is 9.97 Å². The number of Topliss-reactive ketones (excluding diaryl/α,β-unsaturated/α-hetero) is 1. The summed E-state index contributed by atoms with van der Waals surface area (Å²) < 4.78 is 0. The predicted molar refractivity (Wildman–Crippen MR) is 227 cm³/mol. The first-order valence-electron chi connectivity index (χ1n) is 18.5. The van der Waals surface area contributed by atoms with E-state index in [0.717, 1.165) is 40.8 Å². The second-order valence-corrected chi connectivity index (χ2v) is 13.8. The van der Waals surface area contributed by atoms with Crippen LogP contribution in [0.5, 0.6) is 0 Å². The van der Waals surface area contributed by atoms with Gasteiger partial charge in [-0.15, -0.1) is 11.8 Å². The topological polar surface area (TPSA) is 67.6 Å². The van der Waals surface area contributed by atoms with Crippen molar-refractivity contribution in [2.75, 3.05) is 13.3 Å². The Hall–Kier alpha value is -3.12. The number of ketones is 1. The molecule has 0 N–H and O–H groups in total. The molecule has 0 radical (unpaired) electrons. The highest BCUT2D eigenvalue weighted by Crippen LogP contribution is 2.14. The quantitative estimate of drug-likeness (QED) is 0.0911. The molecular formula is C44H74N4OS. The predicted octanol–water partition coefficient (Wildman–Crippen LogP) is 13.3. The summed E-state index contributed by atoms with van der Waals surface area (Å²) in [5, 5.41) is 0. The lowest BCUT2D eigenvalue weighted by atomic mass is 10.0. The molecule has 3 rings (SSSR count). The summed E-state index contributed by atoms with van der Waals surface area (Å²) in [5.41, 5.74) is 7.60. The number of benzene rings is 1. The van der Waals surface area contributed by atoms with Crippen LogP contribution >= 0.6 is 11.8 Å². The fourth-order valence-electron chi connectivity index (χ4n) is 4.94. The Kier molecular flexibility index (Phi) is 35.2. The van der Waals surface area contributed by atoms with E-state index in [1.165, 1.54) is 66.4 Å². The Balaban J connectivity index is -0.000000540. The summed E-state index contributed by atoms with van der Waals surface area (Å²) in [6, 6.07) is 12.5. The minimum atomic E-state index is 0.0949. The monoisotopic (exact) mass is 707 g/mol. The maximum Gasteiger partial charge on any atom is 0.161 e. The summed E-state index contributed by atoms with van der Waals surface area (Å²) in [7, 11) is 1.69. The number of pyridine rings is 2. The highest BCUT2D eigenvalue weighted by molar-refractivity contribution is 7.98. The van der Waals surface area contributed by atoms with Crippen molar-refractivity contribution in [2.45, 2.75) is 147 Å². The van der Waals surface area contributed by atoms with Crippen LogP contribution in [0.3, 0.4) is 0 Å². The van der Waals surface area contributed by atoms with Crippen molar-refractivity contribution in [2.24, 2.45) is 21.8 Å². The van der Waals surface area contributed by atoms with E-state index in [9.17, 15) is 4.79 Å². The highest BCUT2D eigenvalue weighted by atomic mass is 32.2. The zero-order valence-electron chi connectivity index (χ0n) is 35.0. The fourth-order valence-corrected chi connectivity index (χ4v) is 5.35. The number of hydrogen-bond acceptors (Lipinski definition) is 5. The molecule has 0 saturated carbocycles. The number of aromatic nitrogens is 2. The molecule has 2 aromatic heterocycles. The molecule has 0 aliphatic heterocycles. The maximum absolute atomic E-state index is 11.2. The van der Waals surface area contributed by atoms with Crippen LogP contribution in [0.2, 0.25) is 0 Å². The Morgan fingerprint density at radius 3 is 1.74 bits per heavy atom. The number of thioether (sulfide) groups is 1. The fraction of sp³-hybridized carbons (Fsp3) is 0.568. The summed E-state index contributed by atoms with van der Waals surface area (Å²) in [6.07, 6.45) is 18.3. The molecule has 0 aliphatic rings. The van der Waals surface area contributed by atoms with Gasteiger partial charge in [0.15, 0.2) is 5.78 Å². The second-order valence-electron chi connectivity index (χ2n) is 12.9. The third-order valence-corrected chi connectivity index (χ3v) is 8.17. The SMILES string of the molecule is CC(=O)c1c(C)cc(C)nc1C.CC=NC=NC.CCCC(C)C.CCCC(C)CCC.CCc1cnccc1C.CSc1ccc(C)cc1. The molecule has 0 saturated heterocycles. The lowest BCUT2D eigenvalue weighted by Crippen LogP contribution is -2.03. The molecular weight excluding hydrogens is 633 g/mol. The van der Waals surface area contributed by atoms with Crippen LogP contribution in [0, 0.1) is 46.5 Å². The molecule has 0 fully saturated rings. The van der Waals surface area contributed by atoms with Gasteiger partial charge in [-0.2, -0.15) is 0 Å². The normalized spacial score (nSPS) is 10.1. The van der Waals surface area contributed by atoms with Crippen LogP contribution in [0.4, 0.5) is 0 Å². The zero-order chi connectivity index (χ0) is 38.9. The molecule has 6 heteroatoms. The van der Waals surface area contributed by atoms with Crippen molar-refractivity contribution >= 4 is 30.1 Å². The molecule has 0 amide bonds. The van der Waals surface area contributed by atoms with Gasteiger partial charge in [-0.25, -0.2) is 0 Å². The van der Waals surface area contributed by atoms with E-state index in [-0.39, 0.29) is 5.78 Å². The second kappa shape index (κ2) is 34.3. The Labute approximate surface area is 313 Å². The summed E-state index contributed by atoms with van der Waals surface area (Å²) in [4.78, 5) is 28.0. The van der Waals surface area contributed by atoms with Gasteiger partial charge in [-0.1, -0.05) is 105 Å². The molecule has 0 unspecified atom stereocenters. The minimum absolute atomic E-state index is 0.0949. The van der Waals surface area contributed by atoms with E-state index >= 15 is 0 Å². The Bertz CT molecular complexity index is 1260. The molecule has 282 valence electrons. The lowest BCUT2D eigenvalue weighted by molar-refractivity contribution is 0.101. The number of hydrogen-bond donors (Lipinski definition) is 0. The molecule has 0 aliphatic carbocycles. The van der Waals surface area contributed by atoms with Gasteiger partial charge >= 0.3 is 0 Å². The van der Waals surface area contributed by atoms with Gasteiger partial charge in [-0.3, -0.25) is 24.7 Å². The molecule has 1 aromatic carbocycles. The van der Waals surface area contributed by atoms with E-state index in [2.05, 4.69) is 113 Å². The van der Waals surface area contributed by atoms with E-state index in [4.69, 9.17) is 0 Å². The average molecular weight is 707 g/mol. The first-order valence-corrected chi connectivity index (χ1v) is 19.8. The van der Waals surface area contributed by atoms with Gasteiger partial charge in [0, 0.05) is 47.5 Å². The van der Waals surface area contributed by atoms with Crippen LogP contribution in [0.1, 0.15) is 145 Å². The van der Waals surface area contributed by atoms with E-state index < -0.39 is 0 Å². The number of aryl methyl sites for hydroxylation is 6. The summed E-state index contributed by atoms with van der Waals surface area (Å²) >= 11 is 1.78. The van der Waals surface area contributed by atoms with Crippen molar-refractivity contribution in [3.05, 3.63) is 88.0 Å². The van der Waals surface area contributed by atoms with Gasteiger partial charge in [-0.05, 0) is 114 Å². The van der Waals surface area contributed by atoms with Crippen LogP contribution in [0.15, 0.2) is 63.7 Å². The highest BCUT2D eigenvalue weighted by Gasteiger charge is 2.08. The lowest BCUT2D eigenvalue weighted by Gasteiger charge is -2.06. The maximum atomic E-state index is 11.2. The molecule has 0 atom stereocenters. The molecule has 5 nitrogen and oxygen atoms in total. The summed E-state index contributed by atoms with van der Waals surface area (Å²) in [6.45, 7) is 29.1. The van der Waals surface area contributed by atoms with Gasteiger partial charge < -0.3 is 0 Å². The number of aliphatic imine (C=N–C) groups is 2. The van der Waals surface area contributed by atoms with Gasteiger partial charge in [0.1, 0.15) is 6.34 Å². The number of carbonyl (C=O) groups is 1. The van der Waals surface area contributed by atoms with Crippen molar-refractivity contribution in [3.8, 4) is 0 Å². The Morgan fingerprint density at radius 2 is 1.42 bits per heavy atom. The third kappa shape index (κ3) is 29.8. The smallest absolute Gasteiger partial charge is 0.161 e. The van der Waals surface area contributed by atoms with E-state index in [1.807, 2.05) is 52.2 Å². The Morgan fingerprint density at radius 1 is 0.860 bits per heavy atom. The van der Waals surface area contributed by atoms with Crippen LogP contribution < -0.4 is 0 Å². The number of nitrogens with zero attached hydrogens (tertiary/aromatic N) is 4. The van der Waals surface area contributed by atoms with Gasteiger partial charge in [0.2, 0.25) is 0 Å². The van der Waals surface area contributed by atoms with Gasteiger partial charge in [0.05, 0.1) is 0 Å². The molecule has 2 heterocycles. The average Bonchev–Trinajstić information content (AvgIpc) is 3.05. The van der Waals surface area contributed by atoms with Crippen molar-refractivity contribution in [1.29, 1.82) is 0 Å². The largest absolute Gasteiger partial charge is 0.294 e. The standard InChI is InChI=1S/C10H13NO.C8H11N.C8H10S.C8H18.C6H14.C4H8N2/c1-6-5-7(2)11-8(3)10(6)9(4)12;1-3-8-6-9-5-4-7(8)2;1-7-3-5-8(9-2)6-4-7;1-4-6-8(3)7-5-2;1-4-5-6(2)3;1-3-6-4-5-2/h5H,1-4H3;4-6H,3H2,1-2H3;3-6H,1-2H3;8H,4-7H2,1-3H3;6H,4-5H2,1-3H3;3-4H,1-2H3. The third-order valence-electron chi connectivity index (χ3n) is 7.42. The molecule has 50 heavy (non-hydrogen) atoms. The molecule has 0 bridgehead atoms. The number of rotatable bonds is 10. The van der Waals surface area contributed by atoms with Crippen LogP contribution in [-0.4, -0.2) is 41.6 Å². The van der Waals surface area contributed by atoms with E-state index in [1.54, 1.807) is 31.9 Å². The van der Waals surface area contributed by atoms with Crippen LogP contribution in [-0.2, 0) is 6.42 Å². The summed E-state index contributed by atoms with van der Waals surface area (Å²) in [5.74, 6) is 1.96. The van der Waals surface area contributed by atoms with E-state index in [0.29, 0.717) is 0 Å². The zero-order valence-corrected chi connectivity index (χ0v) is 35.8. The molecule has 0 spiro atoms. The van der Waals surface area contributed by atoms with Crippen LogP contribution in [0.25, 0.3) is 0 Å². The first-order chi connectivity index (χ1) is 23.7. The minimum Gasteiger partial charge on any atom is -0.294 e. The molecule has 3 aromatic rings. The van der Waals surface area contributed by atoms with Gasteiger partial charge in [0.25, 0.3) is 0 Å².